The molecule has 5 heteroatoms. The molecular formula is C17H23BN2O2. The summed E-state index contributed by atoms with van der Waals surface area (Å²) in [7, 11) is -0.521. The first-order chi connectivity index (χ1) is 11.5. The molecule has 4 nitrogen and oxygen atoms in total. The van der Waals surface area contributed by atoms with Crippen molar-refractivity contribution in [3.05, 3.63) is 23.5 Å². The Balaban J connectivity index is 1.94. The van der Waals surface area contributed by atoms with Crippen LogP contribution >= 0.6 is 0 Å². The lowest BCUT2D eigenvalue weighted by Gasteiger charge is -2.32. The molecule has 0 radical (unpaired) electrons. The minimum atomic E-state index is -2.24. The maximum atomic E-state index is 7.94. The van der Waals surface area contributed by atoms with Gasteiger partial charge in [-0.25, -0.2) is 4.98 Å². The highest BCUT2D eigenvalue weighted by molar-refractivity contribution is 6.65. The van der Waals surface area contributed by atoms with Gasteiger partial charge in [0.1, 0.15) is 5.65 Å². The SMILES string of the molecule is [2H]C([2H])([2H])n1c2c(c3c(B4OC(C)(C)C(C)(C)O4)ccnc31)CCC2. The predicted molar refractivity (Wildman–Crippen MR) is 88.5 cm³/mol. The van der Waals surface area contributed by atoms with Crippen molar-refractivity contribution in [1.82, 2.24) is 9.55 Å². The molecule has 22 heavy (non-hydrogen) atoms. The zero-order valence-electron chi connectivity index (χ0n) is 16.6. The Labute approximate surface area is 136 Å². The van der Waals surface area contributed by atoms with Crippen LogP contribution in [0.2, 0.25) is 0 Å². The minimum absolute atomic E-state index is 0.441. The van der Waals surface area contributed by atoms with Gasteiger partial charge in [-0.3, -0.25) is 0 Å². The fourth-order valence-corrected chi connectivity index (χ4v) is 3.48. The van der Waals surface area contributed by atoms with Crippen molar-refractivity contribution >= 4 is 23.6 Å². The van der Waals surface area contributed by atoms with Crippen LogP contribution in [0.15, 0.2) is 12.3 Å². The van der Waals surface area contributed by atoms with Crippen LogP contribution in [0.25, 0.3) is 11.0 Å². The summed E-state index contributed by atoms with van der Waals surface area (Å²) >= 11 is 0. The van der Waals surface area contributed by atoms with Gasteiger partial charge in [0, 0.05) is 28.4 Å². The standard InChI is InChI=1S/C17H23BN2O2/c1-16(2)17(3,4)22-18(21-16)12-9-10-19-15-14(12)11-7-6-8-13(11)20(15)5/h9-10H,6-8H2,1-5H3/i5D3. The van der Waals surface area contributed by atoms with E-state index in [0.29, 0.717) is 5.65 Å². The molecule has 0 bridgehead atoms. The molecule has 0 atom stereocenters. The first kappa shape index (κ1) is 11.2. The lowest BCUT2D eigenvalue weighted by atomic mass is 9.77. The van der Waals surface area contributed by atoms with Gasteiger partial charge in [0.05, 0.1) is 11.2 Å². The van der Waals surface area contributed by atoms with Gasteiger partial charge in [0.25, 0.3) is 0 Å². The zero-order valence-corrected chi connectivity index (χ0v) is 13.6. The van der Waals surface area contributed by atoms with Gasteiger partial charge < -0.3 is 13.9 Å². The van der Waals surface area contributed by atoms with Crippen LogP contribution in [0.1, 0.15) is 49.5 Å². The van der Waals surface area contributed by atoms with E-state index in [4.69, 9.17) is 13.4 Å². The number of pyridine rings is 1. The minimum Gasteiger partial charge on any atom is -0.399 e. The summed E-state index contributed by atoms with van der Waals surface area (Å²) in [6, 6.07) is 1.90. The van der Waals surface area contributed by atoms with E-state index in [0.717, 1.165) is 41.4 Å². The van der Waals surface area contributed by atoms with Crippen molar-refractivity contribution in [1.29, 1.82) is 0 Å². The summed E-state index contributed by atoms with van der Waals surface area (Å²) in [5.41, 5.74) is 2.48. The summed E-state index contributed by atoms with van der Waals surface area (Å²) in [5.74, 6) is 0. The van der Waals surface area contributed by atoms with E-state index in [1.807, 2.05) is 33.8 Å². The van der Waals surface area contributed by atoms with E-state index in [2.05, 4.69) is 4.98 Å². The van der Waals surface area contributed by atoms with Crippen LogP contribution < -0.4 is 5.46 Å². The molecule has 0 amide bonds. The van der Waals surface area contributed by atoms with Crippen molar-refractivity contribution in [2.24, 2.45) is 6.98 Å². The second-order valence-electron chi connectivity index (χ2n) is 7.30. The van der Waals surface area contributed by atoms with E-state index in [9.17, 15) is 0 Å². The molecule has 0 spiro atoms. The first-order valence-electron chi connectivity index (χ1n) is 9.40. The van der Waals surface area contributed by atoms with Gasteiger partial charge in [-0.2, -0.15) is 0 Å². The molecule has 0 saturated carbocycles. The van der Waals surface area contributed by atoms with Crippen molar-refractivity contribution in [2.45, 2.75) is 58.2 Å². The summed E-state index contributed by atoms with van der Waals surface area (Å²) in [6.45, 7) is 5.83. The van der Waals surface area contributed by atoms with E-state index in [1.165, 1.54) is 4.57 Å². The average molecular weight is 301 g/mol. The fraction of sp³-hybridized carbons (Fsp3) is 0.588. The second-order valence-corrected chi connectivity index (χ2v) is 7.30. The zero-order chi connectivity index (χ0) is 18.2. The van der Waals surface area contributed by atoms with Crippen molar-refractivity contribution in [3.8, 4) is 0 Å². The molecule has 0 unspecified atom stereocenters. The maximum absolute atomic E-state index is 7.94. The number of nitrogens with zero attached hydrogens (tertiary/aromatic N) is 2. The largest absolute Gasteiger partial charge is 0.495 e. The molecule has 1 saturated heterocycles. The number of hydrogen-bond donors (Lipinski definition) is 0. The van der Waals surface area contributed by atoms with Crippen molar-refractivity contribution in [2.75, 3.05) is 0 Å². The third kappa shape index (κ3) is 1.75. The van der Waals surface area contributed by atoms with E-state index < -0.39 is 25.3 Å². The topological polar surface area (TPSA) is 36.3 Å². The monoisotopic (exact) mass is 301 g/mol. The van der Waals surface area contributed by atoms with Crippen LogP contribution in [-0.4, -0.2) is 27.9 Å². The third-order valence-electron chi connectivity index (χ3n) is 5.44. The highest BCUT2D eigenvalue weighted by Crippen LogP contribution is 2.38. The Morgan fingerprint density at radius 2 is 1.95 bits per heavy atom. The molecule has 2 aliphatic rings. The van der Waals surface area contributed by atoms with E-state index in [-0.39, 0.29) is 0 Å². The molecule has 1 aliphatic carbocycles. The molecule has 2 aromatic heterocycles. The Hall–Kier alpha value is -1.33. The molecule has 4 rings (SSSR count). The van der Waals surface area contributed by atoms with Crippen LogP contribution in [-0.2, 0) is 29.1 Å². The van der Waals surface area contributed by atoms with Gasteiger partial charge in [-0.05, 0) is 64.1 Å². The summed E-state index contributed by atoms with van der Waals surface area (Å²) in [5, 5.41) is 0.893. The van der Waals surface area contributed by atoms with E-state index >= 15 is 0 Å². The van der Waals surface area contributed by atoms with Crippen molar-refractivity contribution in [3.63, 3.8) is 0 Å². The highest BCUT2D eigenvalue weighted by Gasteiger charge is 2.52. The number of hydrogen-bond acceptors (Lipinski definition) is 3. The number of rotatable bonds is 1. The predicted octanol–water partition coefficient (Wildman–Crippen LogP) is 2.36. The quantitative estimate of drug-likeness (QED) is 0.759. The Morgan fingerprint density at radius 3 is 2.64 bits per heavy atom. The van der Waals surface area contributed by atoms with E-state index in [1.54, 1.807) is 6.20 Å². The van der Waals surface area contributed by atoms with Gasteiger partial charge in [-0.1, -0.05) is 0 Å². The number of aryl methyl sites for hydroxylation is 2. The summed E-state index contributed by atoms with van der Waals surface area (Å²) in [4.78, 5) is 4.41. The molecule has 2 aromatic rings. The molecule has 1 fully saturated rings. The average Bonchev–Trinajstić information content (AvgIpc) is 3.08. The molecular weight excluding hydrogens is 275 g/mol. The highest BCUT2D eigenvalue weighted by atomic mass is 16.7. The maximum Gasteiger partial charge on any atom is 0.495 e. The smallest absolute Gasteiger partial charge is 0.399 e. The van der Waals surface area contributed by atoms with Gasteiger partial charge in [0.15, 0.2) is 0 Å². The molecule has 116 valence electrons. The molecule has 0 N–H and O–H groups in total. The number of aromatic nitrogens is 2. The first-order valence-corrected chi connectivity index (χ1v) is 7.90. The lowest BCUT2D eigenvalue weighted by molar-refractivity contribution is 0.00578. The molecule has 0 aromatic carbocycles. The van der Waals surface area contributed by atoms with Gasteiger partial charge >= 0.3 is 7.12 Å². The van der Waals surface area contributed by atoms with Crippen LogP contribution in [0.4, 0.5) is 0 Å². The van der Waals surface area contributed by atoms with Crippen LogP contribution in [0.5, 0.6) is 0 Å². The molecule has 3 heterocycles. The Kier molecular flexibility index (Phi) is 2.23. The summed E-state index contributed by atoms with van der Waals surface area (Å²) in [6.07, 6.45) is 4.26. The Bertz CT molecular complexity index is 842. The van der Waals surface area contributed by atoms with Gasteiger partial charge in [-0.15, -0.1) is 0 Å². The lowest BCUT2D eigenvalue weighted by Crippen LogP contribution is -2.41. The van der Waals surface area contributed by atoms with Gasteiger partial charge in [0.2, 0.25) is 0 Å². The van der Waals surface area contributed by atoms with Crippen LogP contribution in [0, 0.1) is 0 Å². The number of fused-ring (bicyclic) bond motifs is 3. The fourth-order valence-electron chi connectivity index (χ4n) is 3.48. The summed E-state index contributed by atoms with van der Waals surface area (Å²) < 4.78 is 37.7. The van der Waals surface area contributed by atoms with Crippen LogP contribution in [0.3, 0.4) is 0 Å². The normalized spacial score (nSPS) is 25.1. The van der Waals surface area contributed by atoms with Crippen molar-refractivity contribution < 1.29 is 13.4 Å². The second kappa shape index (κ2) is 4.36. The molecule has 1 aliphatic heterocycles. The Morgan fingerprint density at radius 1 is 1.23 bits per heavy atom. The third-order valence-corrected chi connectivity index (χ3v) is 5.44.